The van der Waals surface area contributed by atoms with Gasteiger partial charge in [0, 0.05) is 5.39 Å². The van der Waals surface area contributed by atoms with Crippen LogP contribution in [0.25, 0.3) is 10.9 Å². The number of benzene rings is 1. The number of para-hydroxylation sites is 1. The summed E-state index contributed by atoms with van der Waals surface area (Å²) in [7, 11) is 0. The summed E-state index contributed by atoms with van der Waals surface area (Å²) in [5.41, 5.74) is 5.90. The van der Waals surface area contributed by atoms with Gasteiger partial charge in [0.1, 0.15) is 11.9 Å². The Morgan fingerprint density at radius 1 is 1.41 bits per heavy atom. The summed E-state index contributed by atoms with van der Waals surface area (Å²) in [5.74, 6) is 0.0516. The van der Waals surface area contributed by atoms with Gasteiger partial charge in [0.2, 0.25) is 11.2 Å². The van der Waals surface area contributed by atoms with Crippen LogP contribution in [0.1, 0.15) is 6.92 Å². The van der Waals surface area contributed by atoms with Crippen LogP contribution in [-0.4, -0.2) is 21.9 Å². The number of nitrogens with one attached hydrogen (secondary N) is 1. The summed E-state index contributed by atoms with van der Waals surface area (Å²) >= 11 is 5.81. The first kappa shape index (κ1) is 11.6. The maximum Gasteiger partial charge on any atom is 0.239 e. The first-order valence-electron chi connectivity index (χ1n) is 5.06. The molecule has 0 bridgehead atoms. The average molecular weight is 251 g/mol. The van der Waals surface area contributed by atoms with E-state index in [1.54, 1.807) is 6.92 Å². The quantitative estimate of drug-likeness (QED) is 0.811. The summed E-state index contributed by atoms with van der Waals surface area (Å²) in [4.78, 5) is 19.2. The molecule has 6 heteroatoms. The van der Waals surface area contributed by atoms with Crippen molar-refractivity contribution in [2.45, 2.75) is 13.0 Å². The molecule has 0 aliphatic heterocycles. The fourth-order valence-corrected chi connectivity index (χ4v) is 1.61. The minimum absolute atomic E-state index is 0.128. The molecule has 5 nitrogen and oxygen atoms in total. The van der Waals surface area contributed by atoms with Crippen molar-refractivity contribution in [3.63, 3.8) is 0 Å². The molecule has 0 radical (unpaired) electrons. The molecule has 88 valence electrons. The van der Waals surface area contributed by atoms with Gasteiger partial charge in [0.15, 0.2) is 0 Å². The van der Waals surface area contributed by atoms with E-state index in [-0.39, 0.29) is 5.28 Å². The highest BCUT2D eigenvalue weighted by molar-refractivity contribution is 6.28. The average Bonchev–Trinajstić information content (AvgIpc) is 2.28. The smallest absolute Gasteiger partial charge is 0.239 e. The Labute approximate surface area is 103 Å². The maximum absolute atomic E-state index is 11.0. The zero-order valence-electron chi connectivity index (χ0n) is 9.14. The second kappa shape index (κ2) is 4.55. The van der Waals surface area contributed by atoms with Crippen molar-refractivity contribution in [2.24, 2.45) is 5.73 Å². The summed E-state index contributed by atoms with van der Waals surface area (Å²) in [5, 5.41) is 3.84. The Bertz CT molecular complexity index is 572. The zero-order valence-corrected chi connectivity index (χ0v) is 9.90. The third-order valence-corrected chi connectivity index (χ3v) is 2.52. The maximum atomic E-state index is 11.0. The van der Waals surface area contributed by atoms with Crippen LogP contribution in [-0.2, 0) is 4.79 Å². The largest absolute Gasteiger partial charge is 0.368 e. The van der Waals surface area contributed by atoms with Gasteiger partial charge in [-0.3, -0.25) is 4.79 Å². The molecule has 1 unspecified atom stereocenters. The Hall–Kier alpha value is -1.88. The molecule has 3 N–H and O–H groups in total. The first-order valence-corrected chi connectivity index (χ1v) is 5.44. The van der Waals surface area contributed by atoms with Crippen molar-refractivity contribution in [1.82, 2.24) is 9.97 Å². The van der Waals surface area contributed by atoms with Crippen molar-refractivity contribution in [2.75, 3.05) is 5.32 Å². The minimum Gasteiger partial charge on any atom is -0.368 e. The summed E-state index contributed by atoms with van der Waals surface area (Å²) in [6.07, 6.45) is 0. The summed E-state index contributed by atoms with van der Waals surface area (Å²) in [6, 6.07) is 6.86. The lowest BCUT2D eigenvalue weighted by molar-refractivity contribution is -0.118. The molecule has 1 aromatic heterocycles. The molecule has 0 saturated heterocycles. The lowest BCUT2D eigenvalue weighted by atomic mass is 10.2. The molecule has 0 aliphatic carbocycles. The minimum atomic E-state index is -0.524. The highest BCUT2D eigenvalue weighted by atomic mass is 35.5. The molecule has 0 saturated carbocycles. The summed E-state index contributed by atoms with van der Waals surface area (Å²) in [6.45, 7) is 1.66. The second-order valence-corrected chi connectivity index (χ2v) is 3.96. The van der Waals surface area contributed by atoms with E-state index < -0.39 is 11.9 Å². The van der Waals surface area contributed by atoms with E-state index in [1.807, 2.05) is 24.3 Å². The van der Waals surface area contributed by atoms with Crippen LogP contribution in [0.2, 0.25) is 5.28 Å². The van der Waals surface area contributed by atoms with Crippen LogP contribution in [0.5, 0.6) is 0 Å². The monoisotopic (exact) mass is 250 g/mol. The number of nitrogens with two attached hydrogens (primary N) is 1. The molecule has 0 fully saturated rings. The van der Waals surface area contributed by atoms with Gasteiger partial charge in [-0.1, -0.05) is 12.1 Å². The molecule has 1 amide bonds. The van der Waals surface area contributed by atoms with E-state index in [9.17, 15) is 4.79 Å². The SMILES string of the molecule is CC(Nc1nc(Cl)nc2ccccc12)C(N)=O. The molecule has 0 aliphatic rings. The number of halogens is 1. The number of hydrogen-bond donors (Lipinski definition) is 2. The molecule has 17 heavy (non-hydrogen) atoms. The standard InChI is InChI=1S/C11H11ClN4O/c1-6(9(13)17)14-10-7-4-2-3-5-8(7)15-11(12)16-10/h2-6H,1H3,(H2,13,17)(H,14,15,16). The number of aromatic nitrogens is 2. The number of carbonyl (C=O) groups is 1. The van der Waals surface area contributed by atoms with Crippen molar-refractivity contribution in [3.8, 4) is 0 Å². The normalized spacial score (nSPS) is 12.4. The van der Waals surface area contributed by atoms with Crippen LogP contribution in [0.15, 0.2) is 24.3 Å². The van der Waals surface area contributed by atoms with Crippen LogP contribution >= 0.6 is 11.6 Å². The second-order valence-electron chi connectivity index (χ2n) is 3.63. The van der Waals surface area contributed by atoms with Crippen molar-refractivity contribution in [3.05, 3.63) is 29.5 Å². The van der Waals surface area contributed by atoms with Gasteiger partial charge >= 0.3 is 0 Å². The summed E-state index contributed by atoms with van der Waals surface area (Å²) < 4.78 is 0. The Balaban J connectivity index is 2.49. The van der Waals surface area contributed by atoms with Crippen LogP contribution < -0.4 is 11.1 Å². The van der Waals surface area contributed by atoms with E-state index in [2.05, 4.69) is 15.3 Å². The predicted molar refractivity (Wildman–Crippen MR) is 66.8 cm³/mol. The number of nitrogens with zero attached hydrogens (tertiary/aromatic N) is 2. The fourth-order valence-electron chi connectivity index (χ4n) is 1.43. The Morgan fingerprint density at radius 3 is 2.82 bits per heavy atom. The molecule has 0 spiro atoms. The number of anilines is 1. The van der Waals surface area contributed by atoms with E-state index in [0.29, 0.717) is 11.3 Å². The van der Waals surface area contributed by atoms with E-state index in [4.69, 9.17) is 17.3 Å². The molecule has 2 rings (SSSR count). The van der Waals surface area contributed by atoms with E-state index in [0.717, 1.165) is 5.39 Å². The van der Waals surface area contributed by atoms with Crippen molar-refractivity contribution in [1.29, 1.82) is 0 Å². The van der Waals surface area contributed by atoms with Gasteiger partial charge in [-0.25, -0.2) is 9.97 Å². The number of rotatable bonds is 3. The molecule has 1 atom stereocenters. The number of amides is 1. The van der Waals surface area contributed by atoms with Gasteiger partial charge in [-0.05, 0) is 30.7 Å². The third kappa shape index (κ3) is 2.45. The van der Waals surface area contributed by atoms with Gasteiger partial charge < -0.3 is 11.1 Å². The highest BCUT2D eigenvalue weighted by Gasteiger charge is 2.12. The Morgan fingerprint density at radius 2 is 2.12 bits per heavy atom. The molecular formula is C11H11ClN4O. The number of fused-ring (bicyclic) bond motifs is 1. The predicted octanol–water partition coefficient (Wildman–Crippen LogP) is 1.57. The molecule has 1 heterocycles. The van der Waals surface area contributed by atoms with Crippen molar-refractivity contribution < 1.29 is 4.79 Å². The molecule has 1 aromatic carbocycles. The zero-order chi connectivity index (χ0) is 12.4. The van der Waals surface area contributed by atoms with Gasteiger partial charge in [-0.2, -0.15) is 0 Å². The first-order chi connectivity index (χ1) is 8.08. The lowest BCUT2D eigenvalue weighted by Gasteiger charge is -2.12. The van der Waals surface area contributed by atoms with Crippen LogP contribution in [0, 0.1) is 0 Å². The third-order valence-electron chi connectivity index (χ3n) is 2.36. The highest BCUT2D eigenvalue weighted by Crippen LogP contribution is 2.22. The topological polar surface area (TPSA) is 80.9 Å². The van der Waals surface area contributed by atoms with Gasteiger partial charge in [0.05, 0.1) is 5.52 Å². The fraction of sp³-hybridized carbons (Fsp3) is 0.182. The van der Waals surface area contributed by atoms with E-state index >= 15 is 0 Å². The lowest BCUT2D eigenvalue weighted by Crippen LogP contribution is -2.32. The molecular weight excluding hydrogens is 240 g/mol. The van der Waals surface area contributed by atoms with Crippen molar-refractivity contribution >= 4 is 34.2 Å². The number of hydrogen-bond acceptors (Lipinski definition) is 4. The van der Waals surface area contributed by atoms with Gasteiger partial charge in [0.25, 0.3) is 0 Å². The van der Waals surface area contributed by atoms with Gasteiger partial charge in [-0.15, -0.1) is 0 Å². The van der Waals surface area contributed by atoms with E-state index in [1.165, 1.54) is 0 Å². The molecule has 2 aromatic rings. The van der Waals surface area contributed by atoms with Crippen LogP contribution in [0.3, 0.4) is 0 Å². The van der Waals surface area contributed by atoms with Crippen LogP contribution in [0.4, 0.5) is 5.82 Å². The number of carbonyl (C=O) groups excluding carboxylic acids is 1. The number of primary amides is 1. The Kier molecular flexibility index (Phi) is 3.10.